The maximum absolute atomic E-state index is 12.8. The molecule has 0 spiro atoms. The summed E-state index contributed by atoms with van der Waals surface area (Å²) in [6.45, 7) is 7.67. The molecule has 0 radical (unpaired) electrons. The Balaban J connectivity index is 1.81. The first-order valence-electron chi connectivity index (χ1n) is 10.1. The van der Waals surface area contributed by atoms with Gasteiger partial charge in [-0.15, -0.1) is 0 Å². The number of piperazine rings is 1. The summed E-state index contributed by atoms with van der Waals surface area (Å²) >= 11 is 0. The molecule has 0 atom stereocenters. The fourth-order valence-corrected chi connectivity index (χ4v) is 3.90. The Bertz CT molecular complexity index is 697. The molecule has 2 N–H and O–H groups in total. The molecule has 1 aromatic carbocycles. The van der Waals surface area contributed by atoms with Crippen molar-refractivity contribution in [3.05, 3.63) is 18.2 Å². The van der Waals surface area contributed by atoms with E-state index in [1.165, 1.54) is 0 Å². The molecule has 1 amide bonds. The zero-order valence-electron chi connectivity index (χ0n) is 16.7. The average Bonchev–Trinajstić information content (AvgIpc) is 2.69. The summed E-state index contributed by atoms with van der Waals surface area (Å²) in [6.07, 6.45) is -2.98. The first-order chi connectivity index (χ1) is 13.8. The predicted octanol–water partition coefficient (Wildman–Crippen LogP) is 2.54. The Kier molecular flexibility index (Phi) is 6.89. The van der Waals surface area contributed by atoms with Crippen LogP contribution in [0.4, 0.5) is 30.2 Å². The van der Waals surface area contributed by atoms with E-state index in [1.807, 2.05) is 6.07 Å². The Morgan fingerprint density at radius 3 is 2.34 bits per heavy atom. The lowest BCUT2D eigenvalue weighted by atomic mass is 9.98. The van der Waals surface area contributed by atoms with Gasteiger partial charge in [0.2, 0.25) is 0 Å². The molecule has 2 aliphatic rings. The lowest BCUT2D eigenvalue weighted by Crippen LogP contribution is -2.47. The van der Waals surface area contributed by atoms with Crippen molar-refractivity contribution in [1.29, 1.82) is 0 Å². The highest BCUT2D eigenvalue weighted by Crippen LogP contribution is 2.35. The number of hydrogen-bond donors (Lipinski definition) is 2. The van der Waals surface area contributed by atoms with Crippen molar-refractivity contribution in [2.75, 3.05) is 67.5 Å². The second kappa shape index (κ2) is 9.21. The molecule has 0 aliphatic carbocycles. The molecule has 2 heterocycles. The molecule has 2 aliphatic heterocycles. The zero-order chi connectivity index (χ0) is 21.0. The maximum Gasteiger partial charge on any atom is 0.471 e. The number of carbonyl (C=O) groups is 1. The molecule has 2 saturated heterocycles. The fraction of sp³-hybridized carbons (Fsp3) is 0.650. The number of amides is 1. The number of anilines is 3. The van der Waals surface area contributed by atoms with Gasteiger partial charge in [-0.1, -0.05) is 6.92 Å². The molecule has 1 aromatic rings. The lowest BCUT2D eigenvalue weighted by Gasteiger charge is -2.37. The number of carbonyl (C=O) groups excluding carboxylic acids is 1. The topological polar surface area (TPSA) is 59.1 Å². The molecule has 0 bridgehead atoms. The molecule has 0 saturated carbocycles. The number of nitrogens with zero attached hydrogens (tertiary/aromatic N) is 3. The molecular formula is C20H29F3N4O2. The summed E-state index contributed by atoms with van der Waals surface area (Å²) in [7, 11) is 0. The summed E-state index contributed by atoms with van der Waals surface area (Å²) in [5.41, 5.74) is 1.78. The highest BCUT2D eigenvalue weighted by atomic mass is 19.4. The van der Waals surface area contributed by atoms with Gasteiger partial charge < -0.3 is 20.2 Å². The zero-order valence-corrected chi connectivity index (χ0v) is 16.7. The van der Waals surface area contributed by atoms with E-state index in [1.54, 1.807) is 12.1 Å². The second-order valence-electron chi connectivity index (χ2n) is 7.88. The van der Waals surface area contributed by atoms with Gasteiger partial charge in [0.25, 0.3) is 0 Å². The van der Waals surface area contributed by atoms with Gasteiger partial charge in [0.05, 0.1) is 18.0 Å². The molecule has 0 aromatic heterocycles. The first kappa shape index (κ1) is 21.7. The molecule has 29 heavy (non-hydrogen) atoms. The number of aliphatic hydroxyl groups is 1. The number of aliphatic hydroxyl groups excluding tert-OH is 1. The van der Waals surface area contributed by atoms with Gasteiger partial charge in [-0.2, -0.15) is 13.2 Å². The molecule has 3 rings (SSSR count). The molecule has 0 unspecified atom stereocenters. The van der Waals surface area contributed by atoms with Crippen LogP contribution in [0.25, 0.3) is 0 Å². The molecular weight excluding hydrogens is 385 g/mol. The van der Waals surface area contributed by atoms with E-state index >= 15 is 0 Å². The van der Waals surface area contributed by atoms with Crippen molar-refractivity contribution in [3.63, 3.8) is 0 Å². The number of alkyl halides is 3. The van der Waals surface area contributed by atoms with Crippen LogP contribution < -0.4 is 15.1 Å². The number of benzene rings is 1. The lowest BCUT2D eigenvalue weighted by molar-refractivity contribution is -0.167. The van der Waals surface area contributed by atoms with Gasteiger partial charge in [0.15, 0.2) is 0 Å². The minimum atomic E-state index is -4.92. The van der Waals surface area contributed by atoms with Gasteiger partial charge in [-0.05, 0) is 37.0 Å². The van der Waals surface area contributed by atoms with E-state index in [-0.39, 0.29) is 12.3 Å². The number of β-amino-alcohol motifs (C(OH)–C–C–N with tert-alkyl or cyclic N) is 1. The van der Waals surface area contributed by atoms with E-state index < -0.39 is 12.1 Å². The van der Waals surface area contributed by atoms with Crippen LogP contribution in [0, 0.1) is 5.92 Å². The van der Waals surface area contributed by atoms with Crippen molar-refractivity contribution in [2.24, 2.45) is 5.92 Å². The molecule has 9 heteroatoms. The first-order valence-corrected chi connectivity index (χ1v) is 10.1. The molecule has 162 valence electrons. The van der Waals surface area contributed by atoms with Crippen LogP contribution >= 0.6 is 0 Å². The quantitative estimate of drug-likeness (QED) is 0.776. The largest absolute Gasteiger partial charge is 0.471 e. The molecule has 2 fully saturated rings. The van der Waals surface area contributed by atoms with Crippen molar-refractivity contribution in [3.8, 4) is 0 Å². The Morgan fingerprint density at radius 2 is 1.76 bits per heavy atom. The van der Waals surface area contributed by atoms with Crippen LogP contribution in [0.15, 0.2) is 18.2 Å². The van der Waals surface area contributed by atoms with Gasteiger partial charge >= 0.3 is 12.1 Å². The number of rotatable bonds is 5. The van der Waals surface area contributed by atoms with Crippen LogP contribution in [0.3, 0.4) is 0 Å². The average molecular weight is 414 g/mol. The van der Waals surface area contributed by atoms with E-state index in [0.29, 0.717) is 18.2 Å². The SMILES string of the molecule is CC1CCN(c2cc(N3CCN(CCO)CC3)ccc2NC(=O)C(F)(F)F)CC1. The van der Waals surface area contributed by atoms with Crippen molar-refractivity contribution < 1.29 is 23.1 Å². The van der Waals surface area contributed by atoms with E-state index in [9.17, 15) is 18.0 Å². The van der Waals surface area contributed by atoms with Crippen LogP contribution in [0.5, 0.6) is 0 Å². The third kappa shape index (κ3) is 5.54. The number of piperidine rings is 1. The van der Waals surface area contributed by atoms with Gasteiger partial charge in [-0.25, -0.2) is 0 Å². The third-order valence-corrected chi connectivity index (χ3v) is 5.76. The fourth-order valence-electron chi connectivity index (χ4n) is 3.90. The van der Waals surface area contributed by atoms with Gasteiger partial charge in [0.1, 0.15) is 0 Å². The number of nitrogens with one attached hydrogen (secondary N) is 1. The Labute approximate surface area is 169 Å². The minimum Gasteiger partial charge on any atom is -0.395 e. The number of halogens is 3. The van der Waals surface area contributed by atoms with E-state index in [4.69, 9.17) is 5.11 Å². The van der Waals surface area contributed by atoms with Crippen molar-refractivity contribution >= 4 is 23.0 Å². The standard InChI is InChI=1S/C20H29F3N4O2/c1-15-4-6-27(7-5-15)18-14-16(26-10-8-25(9-11-26)12-13-28)2-3-17(18)24-19(29)20(21,22)23/h2-3,14-15,28H,4-13H2,1H3,(H,24,29). The minimum absolute atomic E-state index is 0.130. The van der Waals surface area contributed by atoms with Crippen molar-refractivity contribution in [2.45, 2.75) is 25.9 Å². The van der Waals surface area contributed by atoms with Crippen LogP contribution in [0.2, 0.25) is 0 Å². The third-order valence-electron chi connectivity index (χ3n) is 5.76. The smallest absolute Gasteiger partial charge is 0.395 e. The highest BCUT2D eigenvalue weighted by Gasteiger charge is 2.39. The molecule has 6 nitrogen and oxygen atoms in total. The predicted molar refractivity (Wildman–Crippen MR) is 107 cm³/mol. The van der Waals surface area contributed by atoms with Gasteiger partial charge in [0, 0.05) is 51.5 Å². The second-order valence-corrected chi connectivity index (χ2v) is 7.88. The van der Waals surface area contributed by atoms with E-state index in [2.05, 4.69) is 26.9 Å². The Hall–Kier alpha value is -2.00. The van der Waals surface area contributed by atoms with E-state index in [0.717, 1.165) is 57.8 Å². The monoisotopic (exact) mass is 414 g/mol. The summed E-state index contributed by atoms with van der Waals surface area (Å²) in [6, 6.07) is 5.24. The normalized spacial score (nSPS) is 19.5. The summed E-state index contributed by atoms with van der Waals surface area (Å²) < 4.78 is 38.3. The van der Waals surface area contributed by atoms with Crippen molar-refractivity contribution in [1.82, 2.24) is 4.90 Å². The van der Waals surface area contributed by atoms with Gasteiger partial charge in [-0.3, -0.25) is 9.69 Å². The maximum atomic E-state index is 12.8. The Morgan fingerprint density at radius 1 is 1.10 bits per heavy atom. The number of hydrogen-bond acceptors (Lipinski definition) is 5. The summed E-state index contributed by atoms with van der Waals surface area (Å²) in [4.78, 5) is 18.0. The summed E-state index contributed by atoms with van der Waals surface area (Å²) in [5, 5.41) is 11.1. The van der Waals surface area contributed by atoms with Crippen LogP contribution in [-0.4, -0.2) is 74.5 Å². The van der Waals surface area contributed by atoms with Crippen LogP contribution in [0.1, 0.15) is 19.8 Å². The van der Waals surface area contributed by atoms with Crippen LogP contribution in [-0.2, 0) is 4.79 Å². The summed E-state index contributed by atoms with van der Waals surface area (Å²) in [5.74, 6) is -1.36. The highest BCUT2D eigenvalue weighted by molar-refractivity contribution is 5.98.